The molecule has 5 rings (SSSR count). The van der Waals surface area contributed by atoms with E-state index in [1.807, 2.05) is 24.3 Å². The number of rotatable bonds is 6. The van der Waals surface area contributed by atoms with Crippen molar-refractivity contribution >= 4 is 33.3 Å². The lowest BCUT2D eigenvalue weighted by Crippen LogP contribution is -2.38. The van der Waals surface area contributed by atoms with Gasteiger partial charge in [-0.3, -0.25) is 24.4 Å². The van der Waals surface area contributed by atoms with Crippen molar-refractivity contribution in [2.45, 2.75) is 13.1 Å². The average molecular weight is 447 g/mol. The van der Waals surface area contributed by atoms with Gasteiger partial charge in [0, 0.05) is 49.0 Å². The Bertz CT molecular complexity index is 1430. The van der Waals surface area contributed by atoms with Crippen molar-refractivity contribution in [1.29, 1.82) is 0 Å². The standard InChI is InChI=1S/C24H25N5O4/c30-22(16-29-24(32)20-4-2-1-3-19(20)23(31)26-29)25-18-5-6-21-17(15-18)7-8-28(21)10-9-27-11-13-33-14-12-27/h1-8,15H,9-14,16H2,(H,25,30)(H,26,31). The second kappa shape index (κ2) is 9.05. The van der Waals surface area contributed by atoms with Gasteiger partial charge in [-0.1, -0.05) is 12.1 Å². The van der Waals surface area contributed by atoms with E-state index in [1.165, 1.54) is 0 Å². The molecule has 2 aromatic carbocycles. The van der Waals surface area contributed by atoms with E-state index < -0.39 is 17.0 Å². The summed E-state index contributed by atoms with van der Waals surface area (Å²) < 4.78 is 8.65. The number of aromatic nitrogens is 3. The van der Waals surface area contributed by atoms with Gasteiger partial charge in [-0.05, 0) is 36.4 Å². The SMILES string of the molecule is O=C(Cn1[nH]c(=O)c2ccccc2c1=O)Nc1ccc2c(ccn2CCN2CCOCC2)c1. The van der Waals surface area contributed by atoms with Crippen molar-refractivity contribution in [3.8, 4) is 0 Å². The number of H-pyrrole nitrogens is 1. The lowest BCUT2D eigenvalue weighted by molar-refractivity contribution is -0.117. The molecule has 0 saturated carbocycles. The fourth-order valence-corrected chi connectivity index (χ4v) is 4.25. The Morgan fingerprint density at radius 3 is 2.61 bits per heavy atom. The third-order valence-electron chi connectivity index (χ3n) is 6.00. The fourth-order valence-electron chi connectivity index (χ4n) is 4.25. The Morgan fingerprint density at radius 2 is 1.79 bits per heavy atom. The Morgan fingerprint density at radius 1 is 1.00 bits per heavy atom. The van der Waals surface area contributed by atoms with Gasteiger partial charge in [-0.25, -0.2) is 4.68 Å². The molecule has 0 spiro atoms. The maximum atomic E-state index is 12.6. The molecular weight excluding hydrogens is 422 g/mol. The fraction of sp³-hybridized carbons (Fsp3) is 0.292. The van der Waals surface area contributed by atoms with Crippen molar-refractivity contribution < 1.29 is 9.53 Å². The number of benzene rings is 2. The van der Waals surface area contributed by atoms with Crippen LogP contribution in [-0.4, -0.2) is 58.0 Å². The number of amides is 1. The first-order chi connectivity index (χ1) is 16.1. The van der Waals surface area contributed by atoms with Crippen LogP contribution in [-0.2, 0) is 22.6 Å². The van der Waals surface area contributed by atoms with Crippen LogP contribution in [0.2, 0.25) is 0 Å². The van der Waals surface area contributed by atoms with E-state index in [-0.39, 0.29) is 11.9 Å². The minimum absolute atomic E-state index is 0.280. The van der Waals surface area contributed by atoms with Crippen molar-refractivity contribution in [3.05, 3.63) is 75.4 Å². The highest BCUT2D eigenvalue weighted by atomic mass is 16.5. The molecule has 4 aromatic rings. The van der Waals surface area contributed by atoms with Crippen molar-refractivity contribution in [2.75, 3.05) is 38.2 Å². The van der Waals surface area contributed by atoms with Crippen LogP contribution in [0.15, 0.2) is 64.3 Å². The number of fused-ring (bicyclic) bond motifs is 2. The molecule has 1 fully saturated rings. The second-order valence-corrected chi connectivity index (χ2v) is 8.16. The average Bonchev–Trinajstić information content (AvgIpc) is 3.24. The van der Waals surface area contributed by atoms with Crippen LogP contribution in [0.1, 0.15) is 0 Å². The van der Waals surface area contributed by atoms with Gasteiger partial charge in [-0.2, -0.15) is 0 Å². The van der Waals surface area contributed by atoms with Gasteiger partial charge in [-0.15, -0.1) is 0 Å². The first-order valence-electron chi connectivity index (χ1n) is 11.0. The highest BCUT2D eigenvalue weighted by molar-refractivity contribution is 5.94. The number of nitrogens with one attached hydrogen (secondary N) is 2. The summed E-state index contributed by atoms with van der Waals surface area (Å²) in [7, 11) is 0. The van der Waals surface area contributed by atoms with Crippen LogP contribution in [0, 0.1) is 0 Å². The number of morpholine rings is 1. The minimum atomic E-state index is -0.409. The van der Waals surface area contributed by atoms with Crippen LogP contribution in [0.25, 0.3) is 21.7 Å². The van der Waals surface area contributed by atoms with E-state index >= 15 is 0 Å². The normalized spacial score (nSPS) is 14.7. The monoisotopic (exact) mass is 447 g/mol. The van der Waals surface area contributed by atoms with E-state index in [4.69, 9.17) is 4.74 Å². The zero-order valence-corrected chi connectivity index (χ0v) is 18.1. The summed E-state index contributed by atoms with van der Waals surface area (Å²) in [5.74, 6) is -0.394. The number of ether oxygens (including phenoxy) is 1. The topological polar surface area (TPSA) is 101 Å². The van der Waals surface area contributed by atoms with Gasteiger partial charge in [0.05, 0.1) is 24.0 Å². The molecular formula is C24H25N5O4. The largest absolute Gasteiger partial charge is 0.379 e. The maximum Gasteiger partial charge on any atom is 0.273 e. The highest BCUT2D eigenvalue weighted by Crippen LogP contribution is 2.21. The molecule has 9 nitrogen and oxygen atoms in total. The molecule has 2 aromatic heterocycles. The number of nitrogens with zero attached hydrogens (tertiary/aromatic N) is 3. The first kappa shape index (κ1) is 21.2. The number of carbonyl (C=O) groups is 1. The number of carbonyl (C=O) groups excluding carboxylic acids is 1. The molecule has 1 saturated heterocycles. The highest BCUT2D eigenvalue weighted by Gasteiger charge is 2.12. The quantitative estimate of drug-likeness (QED) is 0.468. The number of anilines is 1. The van der Waals surface area contributed by atoms with E-state index in [2.05, 4.69) is 26.1 Å². The van der Waals surface area contributed by atoms with Crippen molar-refractivity contribution in [1.82, 2.24) is 19.2 Å². The van der Waals surface area contributed by atoms with Gasteiger partial charge in [0.2, 0.25) is 5.91 Å². The molecule has 0 radical (unpaired) electrons. The third kappa shape index (κ3) is 4.46. The predicted octanol–water partition coefficient (Wildman–Crippen LogP) is 1.62. The number of hydrogen-bond donors (Lipinski definition) is 2. The summed E-state index contributed by atoms with van der Waals surface area (Å²) in [4.78, 5) is 39.8. The van der Waals surface area contributed by atoms with Crippen LogP contribution >= 0.6 is 0 Å². The molecule has 1 amide bonds. The first-order valence-corrected chi connectivity index (χ1v) is 11.0. The van der Waals surface area contributed by atoms with Gasteiger partial charge in [0.15, 0.2) is 0 Å². The molecule has 170 valence electrons. The number of aromatic amines is 1. The third-order valence-corrected chi connectivity index (χ3v) is 6.00. The van der Waals surface area contributed by atoms with E-state index in [9.17, 15) is 14.4 Å². The Labute approximate surface area is 189 Å². The van der Waals surface area contributed by atoms with Crippen LogP contribution in [0.3, 0.4) is 0 Å². The van der Waals surface area contributed by atoms with Gasteiger partial charge >= 0.3 is 0 Å². The molecule has 0 unspecified atom stereocenters. The molecule has 0 atom stereocenters. The zero-order valence-electron chi connectivity index (χ0n) is 18.1. The lowest BCUT2D eigenvalue weighted by Gasteiger charge is -2.26. The smallest absolute Gasteiger partial charge is 0.273 e. The Kier molecular flexibility index (Phi) is 5.80. The summed E-state index contributed by atoms with van der Waals surface area (Å²) in [6.45, 7) is 5.06. The molecule has 0 aliphatic carbocycles. The Hall–Kier alpha value is -3.69. The van der Waals surface area contributed by atoms with Crippen LogP contribution in [0.5, 0.6) is 0 Å². The molecule has 1 aliphatic heterocycles. The van der Waals surface area contributed by atoms with Crippen molar-refractivity contribution in [3.63, 3.8) is 0 Å². The van der Waals surface area contributed by atoms with Crippen LogP contribution in [0.4, 0.5) is 5.69 Å². The molecule has 3 heterocycles. The van der Waals surface area contributed by atoms with Crippen molar-refractivity contribution in [2.24, 2.45) is 0 Å². The van der Waals surface area contributed by atoms with Gasteiger partial charge in [0.25, 0.3) is 11.1 Å². The lowest BCUT2D eigenvalue weighted by atomic mass is 10.2. The summed E-state index contributed by atoms with van der Waals surface area (Å²) in [5, 5.41) is 6.91. The zero-order chi connectivity index (χ0) is 22.8. The Balaban J connectivity index is 1.28. The summed E-state index contributed by atoms with van der Waals surface area (Å²) in [6, 6.07) is 14.3. The van der Waals surface area contributed by atoms with E-state index in [0.717, 1.165) is 55.0 Å². The van der Waals surface area contributed by atoms with Gasteiger partial charge in [0.1, 0.15) is 6.54 Å². The number of hydrogen-bond acceptors (Lipinski definition) is 5. The molecule has 2 N–H and O–H groups in total. The molecule has 33 heavy (non-hydrogen) atoms. The minimum Gasteiger partial charge on any atom is -0.379 e. The van der Waals surface area contributed by atoms with Gasteiger partial charge < -0.3 is 14.6 Å². The van der Waals surface area contributed by atoms with E-state index in [1.54, 1.807) is 24.3 Å². The summed E-state index contributed by atoms with van der Waals surface area (Å²) in [5.41, 5.74) is 0.914. The molecule has 0 bridgehead atoms. The maximum absolute atomic E-state index is 12.6. The summed E-state index contributed by atoms with van der Waals surface area (Å²) in [6.07, 6.45) is 2.05. The molecule has 1 aliphatic rings. The van der Waals surface area contributed by atoms with E-state index in [0.29, 0.717) is 11.1 Å². The van der Waals surface area contributed by atoms with Crippen LogP contribution < -0.4 is 16.4 Å². The predicted molar refractivity (Wildman–Crippen MR) is 127 cm³/mol. The molecule has 9 heteroatoms. The summed E-state index contributed by atoms with van der Waals surface area (Å²) >= 11 is 0. The second-order valence-electron chi connectivity index (χ2n) is 8.16.